The highest BCUT2D eigenvalue weighted by atomic mass is 16.5. The molecule has 2 N–H and O–H groups in total. The Morgan fingerprint density at radius 3 is 1.88 bits per heavy atom. The molecule has 0 aliphatic carbocycles. The number of aliphatic hydroxyl groups is 1. The second kappa shape index (κ2) is 16.7. The summed E-state index contributed by atoms with van der Waals surface area (Å²) in [4.78, 5) is 20.2. The summed E-state index contributed by atoms with van der Waals surface area (Å²) in [6, 6.07) is 0. The first-order valence-corrected chi connectivity index (χ1v) is 9.03. The second-order valence-electron chi connectivity index (χ2n) is 7.14. The molecule has 0 aromatic heterocycles. The first-order valence-electron chi connectivity index (χ1n) is 9.03. The Labute approximate surface area is 148 Å². The highest BCUT2D eigenvalue weighted by Crippen LogP contribution is 2.21. The SMILES string of the molecule is CC.CC(C)(C)CC(O)CC(=O)O.CCC(C)C.O=C1CCCO1. The van der Waals surface area contributed by atoms with Gasteiger partial charge in [-0.2, -0.15) is 0 Å². The number of rotatable bonds is 4. The van der Waals surface area contributed by atoms with E-state index in [2.05, 4.69) is 25.5 Å². The quantitative estimate of drug-likeness (QED) is 0.722. The molecule has 0 aromatic carbocycles. The minimum atomic E-state index is -0.943. The minimum Gasteiger partial charge on any atom is -0.481 e. The number of carboxylic acid groups (broad SMARTS) is 1. The van der Waals surface area contributed by atoms with E-state index in [9.17, 15) is 14.7 Å². The third-order valence-electron chi connectivity index (χ3n) is 2.86. The van der Waals surface area contributed by atoms with Crippen LogP contribution in [-0.2, 0) is 14.3 Å². The Hall–Kier alpha value is -1.10. The molecule has 1 aliphatic rings. The first-order chi connectivity index (χ1) is 11.0. The van der Waals surface area contributed by atoms with Crippen molar-refractivity contribution < 1.29 is 24.5 Å². The van der Waals surface area contributed by atoms with Gasteiger partial charge in [0.2, 0.25) is 0 Å². The van der Waals surface area contributed by atoms with Crippen molar-refractivity contribution in [2.45, 2.75) is 93.6 Å². The third-order valence-corrected chi connectivity index (χ3v) is 2.86. The first kappa shape index (κ1) is 27.7. The van der Waals surface area contributed by atoms with Crippen LogP contribution >= 0.6 is 0 Å². The zero-order valence-corrected chi connectivity index (χ0v) is 17.0. The van der Waals surface area contributed by atoms with Crippen molar-refractivity contribution in [1.29, 1.82) is 0 Å². The molecule has 0 radical (unpaired) electrons. The van der Waals surface area contributed by atoms with E-state index in [0.29, 0.717) is 19.4 Å². The van der Waals surface area contributed by atoms with Gasteiger partial charge in [-0.3, -0.25) is 9.59 Å². The van der Waals surface area contributed by atoms with Crippen LogP contribution in [0.4, 0.5) is 0 Å². The van der Waals surface area contributed by atoms with Gasteiger partial charge in [0.05, 0.1) is 19.1 Å². The van der Waals surface area contributed by atoms with Gasteiger partial charge < -0.3 is 14.9 Å². The van der Waals surface area contributed by atoms with E-state index in [1.54, 1.807) is 0 Å². The Kier molecular flexibility index (Phi) is 19.4. The smallest absolute Gasteiger partial charge is 0.305 e. The van der Waals surface area contributed by atoms with Crippen LogP contribution in [0.3, 0.4) is 0 Å². The number of ether oxygens (including phenoxy) is 1. The number of carboxylic acids is 1. The molecule has 1 heterocycles. The van der Waals surface area contributed by atoms with Gasteiger partial charge in [-0.1, -0.05) is 61.8 Å². The lowest BCUT2D eigenvalue weighted by atomic mass is 9.88. The average molecular weight is 349 g/mol. The van der Waals surface area contributed by atoms with Crippen LogP contribution in [0, 0.1) is 11.3 Å². The molecule has 24 heavy (non-hydrogen) atoms. The van der Waals surface area contributed by atoms with E-state index in [1.165, 1.54) is 6.42 Å². The van der Waals surface area contributed by atoms with E-state index in [1.807, 2.05) is 34.6 Å². The van der Waals surface area contributed by atoms with Crippen molar-refractivity contribution in [3.05, 3.63) is 0 Å². The van der Waals surface area contributed by atoms with Crippen LogP contribution in [-0.4, -0.2) is 34.9 Å². The van der Waals surface area contributed by atoms with Crippen molar-refractivity contribution >= 4 is 11.9 Å². The summed E-state index contributed by atoms with van der Waals surface area (Å²) in [6.45, 7) is 17.2. The summed E-state index contributed by atoms with van der Waals surface area (Å²) in [5.41, 5.74) is -0.00509. The number of cyclic esters (lactones) is 1. The maximum Gasteiger partial charge on any atom is 0.305 e. The van der Waals surface area contributed by atoms with Gasteiger partial charge in [-0.25, -0.2) is 0 Å². The van der Waals surface area contributed by atoms with Gasteiger partial charge in [-0.15, -0.1) is 0 Å². The summed E-state index contributed by atoms with van der Waals surface area (Å²) in [5.74, 6) is -0.105. The Morgan fingerprint density at radius 1 is 1.25 bits per heavy atom. The molecule has 1 unspecified atom stereocenters. The number of hydrogen-bond donors (Lipinski definition) is 2. The maximum absolute atomic E-state index is 10.1. The van der Waals surface area contributed by atoms with Crippen LogP contribution in [0.2, 0.25) is 0 Å². The van der Waals surface area contributed by atoms with Crippen LogP contribution in [0.15, 0.2) is 0 Å². The van der Waals surface area contributed by atoms with E-state index in [4.69, 9.17) is 5.11 Å². The summed E-state index contributed by atoms with van der Waals surface area (Å²) < 4.78 is 4.51. The van der Waals surface area contributed by atoms with Crippen LogP contribution in [0.25, 0.3) is 0 Å². The molecule has 0 bridgehead atoms. The molecule has 0 spiro atoms. The lowest BCUT2D eigenvalue weighted by Crippen LogP contribution is -2.20. The minimum absolute atomic E-state index is 0.00509. The van der Waals surface area contributed by atoms with Gasteiger partial charge in [-0.05, 0) is 24.2 Å². The van der Waals surface area contributed by atoms with Gasteiger partial charge in [0, 0.05) is 6.42 Å². The molecule has 5 heteroatoms. The predicted octanol–water partition coefficient (Wildman–Crippen LogP) is 4.66. The van der Waals surface area contributed by atoms with Gasteiger partial charge in [0.1, 0.15) is 0 Å². The molecule has 146 valence electrons. The third kappa shape index (κ3) is 29.0. The standard InChI is InChI=1S/C8H16O3.C5H12.C4H6O2.C2H6/c1-8(2,3)5-6(9)4-7(10)11;1-4-5(2)3;5-4-2-1-3-6-4;1-2/h6,9H,4-5H2,1-3H3,(H,10,11);5H,4H2,1-3H3;1-3H2;1-2H3. The Balaban J connectivity index is -0.000000285. The molecular weight excluding hydrogens is 308 g/mol. The number of carbonyl (C=O) groups excluding carboxylic acids is 1. The fourth-order valence-electron chi connectivity index (χ4n) is 1.46. The predicted molar refractivity (Wildman–Crippen MR) is 99.0 cm³/mol. The number of aliphatic carboxylic acids is 1. The van der Waals surface area contributed by atoms with Crippen molar-refractivity contribution in [1.82, 2.24) is 0 Å². The molecular formula is C19H40O5. The number of hydrogen-bond acceptors (Lipinski definition) is 4. The van der Waals surface area contributed by atoms with Gasteiger partial charge >= 0.3 is 11.9 Å². The summed E-state index contributed by atoms with van der Waals surface area (Å²) in [7, 11) is 0. The van der Waals surface area contributed by atoms with E-state index >= 15 is 0 Å². The van der Waals surface area contributed by atoms with Crippen molar-refractivity contribution in [3.63, 3.8) is 0 Å². The lowest BCUT2D eigenvalue weighted by Gasteiger charge is -2.20. The highest BCUT2D eigenvalue weighted by Gasteiger charge is 2.18. The van der Waals surface area contributed by atoms with Crippen LogP contribution in [0.1, 0.15) is 87.5 Å². The Bertz CT molecular complexity index is 297. The zero-order valence-electron chi connectivity index (χ0n) is 17.0. The number of aliphatic hydroxyl groups excluding tert-OH is 1. The monoisotopic (exact) mass is 348 g/mol. The molecule has 0 saturated carbocycles. The number of carbonyl (C=O) groups is 2. The largest absolute Gasteiger partial charge is 0.481 e. The normalized spacial score (nSPS) is 14.2. The molecule has 1 fully saturated rings. The molecule has 5 nitrogen and oxygen atoms in total. The molecule has 0 amide bonds. The van der Waals surface area contributed by atoms with Crippen molar-refractivity contribution in [3.8, 4) is 0 Å². The van der Waals surface area contributed by atoms with Crippen LogP contribution < -0.4 is 0 Å². The molecule has 1 rings (SSSR count). The maximum atomic E-state index is 10.1. The van der Waals surface area contributed by atoms with Crippen molar-refractivity contribution in [2.75, 3.05) is 6.61 Å². The summed E-state index contributed by atoms with van der Waals surface area (Å²) in [6.07, 6.45) is 2.50. The fraction of sp³-hybridized carbons (Fsp3) is 0.895. The fourth-order valence-corrected chi connectivity index (χ4v) is 1.46. The Morgan fingerprint density at radius 2 is 1.71 bits per heavy atom. The number of esters is 1. The van der Waals surface area contributed by atoms with Gasteiger partial charge in [0.15, 0.2) is 0 Å². The zero-order chi connectivity index (χ0) is 19.8. The van der Waals surface area contributed by atoms with Crippen molar-refractivity contribution in [2.24, 2.45) is 11.3 Å². The van der Waals surface area contributed by atoms with E-state index in [0.717, 1.165) is 12.3 Å². The average Bonchev–Trinajstić information content (AvgIpc) is 2.90. The lowest BCUT2D eigenvalue weighted by molar-refractivity contribution is -0.140. The molecule has 1 saturated heterocycles. The van der Waals surface area contributed by atoms with Crippen LogP contribution in [0.5, 0.6) is 0 Å². The molecule has 1 aliphatic heterocycles. The topological polar surface area (TPSA) is 83.8 Å². The highest BCUT2D eigenvalue weighted by molar-refractivity contribution is 5.70. The van der Waals surface area contributed by atoms with E-state index < -0.39 is 12.1 Å². The summed E-state index contributed by atoms with van der Waals surface area (Å²) in [5, 5.41) is 17.5. The molecule has 0 aromatic rings. The van der Waals surface area contributed by atoms with Gasteiger partial charge in [0.25, 0.3) is 0 Å². The summed E-state index contributed by atoms with van der Waals surface area (Å²) >= 11 is 0. The van der Waals surface area contributed by atoms with E-state index in [-0.39, 0.29) is 17.8 Å². The second-order valence-corrected chi connectivity index (χ2v) is 7.14. The molecule has 1 atom stereocenters.